The van der Waals surface area contributed by atoms with Crippen LogP contribution in [0.4, 0.5) is 0 Å². The van der Waals surface area contributed by atoms with E-state index in [2.05, 4.69) is 0 Å². The second-order valence-electron chi connectivity index (χ2n) is 3.25. The van der Waals surface area contributed by atoms with Crippen LogP contribution < -0.4 is 0 Å². The van der Waals surface area contributed by atoms with Crippen molar-refractivity contribution in [3.8, 4) is 0 Å². The van der Waals surface area contributed by atoms with Gasteiger partial charge in [0.2, 0.25) is 0 Å². The summed E-state index contributed by atoms with van der Waals surface area (Å²) >= 11 is 52.7. The van der Waals surface area contributed by atoms with Crippen molar-refractivity contribution in [3.05, 3.63) is 0 Å². The molecule has 0 aliphatic carbocycles. The Hall–Kier alpha value is 2.57. The molecule has 0 radical (unpaired) electrons. The molecule has 1 N–H and O–H groups in total. The molecule has 0 amide bonds. The SMILES string of the molecule is CC(Cl)C(Cl)(Cl)C(Cl)(Cl)C(Cl)(Cl)C(Cl)(Cl)CO. The van der Waals surface area contributed by atoms with Crippen molar-refractivity contribution in [1.29, 1.82) is 0 Å². The second-order valence-corrected chi connectivity index (χ2v) is 9.43. The predicted octanol–water partition coefficient (Wildman–Crippen LogP) is 5.30. The minimum atomic E-state index is -2.28. The molecule has 0 bridgehead atoms. The molecule has 0 aliphatic heterocycles. The molecule has 104 valence electrons. The molecule has 1 unspecified atom stereocenters. The third-order valence-corrected chi connectivity index (χ3v) is 8.08. The van der Waals surface area contributed by atoms with Crippen LogP contribution in [0.1, 0.15) is 6.92 Å². The third kappa shape index (κ3) is 3.43. The Labute approximate surface area is 144 Å². The maximum absolute atomic E-state index is 9.03. The highest BCUT2D eigenvalue weighted by atomic mass is 35.6. The average molecular weight is 426 g/mol. The van der Waals surface area contributed by atoms with E-state index in [0.29, 0.717) is 0 Å². The minimum absolute atomic E-state index is 0.829. The van der Waals surface area contributed by atoms with Gasteiger partial charge >= 0.3 is 0 Å². The van der Waals surface area contributed by atoms with Gasteiger partial charge in [0.15, 0.2) is 17.3 Å². The summed E-state index contributed by atoms with van der Waals surface area (Å²) in [6.45, 7) is 0.596. The molecule has 0 fully saturated rings. The number of aliphatic hydroxyl groups is 1. The van der Waals surface area contributed by atoms with E-state index in [-0.39, 0.29) is 0 Å². The van der Waals surface area contributed by atoms with Crippen LogP contribution in [0, 0.1) is 0 Å². The van der Waals surface area contributed by atoms with Gasteiger partial charge in [-0.25, -0.2) is 0 Å². The number of hydrogen-bond acceptors (Lipinski definition) is 1. The van der Waals surface area contributed by atoms with Crippen molar-refractivity contribution < 1.29 is 5.11 Å². The van der Waals surface area contributed by atoms with Gasteiger partial charge in [-0.05, 0) is 6.92 Å². The van der Waals surface area contributed by atoms with E-state index in [4.69, 9.17) is 110 Å². The largest absolute Gasteiger partial charge is 0.393 e. The number of hydrogen-bond donors (Lipinski definition) is 1. The lowest BCUT2D eigenvalue weighted by molar-refractivity contribution is 0.263. The van der Waals surface area contributed by atoms with Gasteiger partial charge in [0.05, 0.1) is 12.0 Å². The first-order valence-electron chi connectivity index (χ1n) is 4.02. The van der Waals surface area contributed by atoms with Crippen LogP contribution in [-0.4, -0.2) is 34.4 Å². The highest BCUT2D eigenvalue weighted by Gasteiger charge is 2.69. The molecule has 17 heavy (non-hydrogen) atoms. The Morgan fingerprint density at radius 2 is 1.24 bits per heavy atom. The smallest absolute Gasteiger partial charge is 0.188 e. The summed E-state index contributed by atoms with van der Waals surface area (Å²) in [7, 11) is 0. The average Bonchev–Trinajstić information content (AvgIpc) is 2.16. The molecule has 0 aliphatic rings. The zero-order valence-electron chi connectivity index (χ0n) is 8.13. The van der Waals surface area contributed by atoms with Crippen LogP contribution in [0.15, 0.2) is 0 Å². The van der Waals surface area contributed by atoms with Gasteiger partial charge < -0.3 is 5.11 Å². The standard InChI is InChI=1S/C7H7Cl9O/c1-3(8)5(11,12)7(15,16)6(13,14)4(9,10)2-17/h3,17H,2H2,1H3. The van der Waals surface area contributed by atoms with Gasteiger partial charge in [-0.1, -0.05) is 92.8 Å². The first-order valence-corrected chi connectivity index (χ1v) is 7.48. The number of halogens is 9. The van der Waals surface area contributed by atoms with Crippen molar-refractivity contribution in [3.63, 3.8) is 0 Å². The van der Waals surface area contributed by atoms with Gasteiger partial charge in [0.25, 0.3) is 0 Å². The summed E-state index contributed by atoms with van der Waals surface area (Å²) < 4.78 is -8.60. The molecule has 0 aromatic rings. The van der Waals surface area contributed by atoms with E-state index in [1.807, 2.05) is 0 Å². The van der Waals surface area contributed by atoms with Crippen LogP contribution >= 0.6 is 104 Å². The number of alkyl halides is 9. The summed E-state index contributed by atoms with van der Waals surface area (Å²) in [5.41, 5.74) is 0. The van der Waals surface area contributed by atoms with Gasteiger partial charge in [-0.2, -0.15) is 0 Å². The lowest BCUT2D eigenvalue weighted by Gasteiger charge is -2.46. The number of rotatable bonds is 5. The molecule has 0 aromatic heterocycles. The van der Waals surface area contributed by atoms with Crippen LogP contribution in [0.25, 0.3) is 0 Å². The van der Waals surface area contributed by atoms with Gasteiger partial charge in [-0.3, -0.25) is 0 Å². The second kappa shape index (κ2) is 6.13. The highest BCUT2D eigenvalue weighted by molar-refractivity contribution is 6.74. The third-order valence-electron chi connectivity index (χ3n) is 1.97. The molecular formula is C7H7Cl9O. The lowest BCUT2D eigenvalue weighted by atomic mass is 10.1. The van der Waals surface area contributed by atoms with Crippen LogP contribution in [0.5, 0.6) is 0 Å². The summed E-state index contributed by atoms with van der Waals surface area (Å²) in [6, 6.07) is 0. The zero-order chi connectivity index (χ0) is 14.3. The first-order chi connectivity index (χ1) is 7.25. The van der Waals surface area contributed by atoms with E-state index >= 15 is 0 Å². The Kier molecular flexibility index (Phi) is 7.06. The molecule has 0 aromatic carbocycles. The van der Waals surface area contributed by atoms with Gasteiger partial charge in [0, 0.05) is 0 Å². The molecular weight excluding hydrogens is 419 g/mol. The number of aliphatic hydroxyl groups excluding tert-OH is 1. The molecule has 0 spiro atoms. The molecule has 1 nitrogen and oxygen atoms in total. The van der Waals surface area contributed by atoms with Crippen molar-refractivity contribution >= 4 is 104 Å². The Balaban J connectivity index is 5.61. The molecule has 10 heteroatoms. The summed E-state index contributed by atoms with van der Waals surface area (Å²) in [5.74, 6) is 0. The van der Waals surface area contributed by atoms with Crippen molar-refractivity contribution in [2.45, 2.75) is 29.6 Å². The van der Waals surface area contributed by atoms with Gasteiger partial charge in [0.1, 0.15) is 0 Å². The van der Waals surface area contributed by atoms with E-state index < -0.39 is 29.3 Å². The van der Waals surface area contributed by atoms with Crippen molar-refractivity contribution in [2.24, 2.45) is 0 Å². The first kappa shape index (κ1) is 19.6. The topological polar surface area (TPSA) is 20.2 Å². The summed E-state index contributed by atoms with van der Waals surface area (Å²) in [4.78, 5) is 0. The summed E-state index contributed by atoms with van der Waals surface area (Å²) in [6.07, 6.45) is 0. The van der Waals surface area contributed by atoms with Crippen molar-refractivity contribution in [1.82, 2.24) is 0 Å². The van der Waals surface area contributed by atoms with E-state index in [0.717, 1.165) is 0 Å². The lowest BCUT2D eigenvalue weighted by Crippen LogP contribution is -2.61. The fraction of sp³-hybridized carbons (Fsp3) is 1.00. The predicted molar refractivity (Wildman–Crippen MR) is 80.1 cm³/mol. The van der Waals surface area contributed by atoms with Crippen LogP contribution in [0.3, 0.4) is 0 Å². The highest BCUT2D eigenvalue weighted by Crippen LogP contribution is 2.62. The van der Waals surface area contributed by atoms with Crippen LogP contribution in [-0.2, 0) is 0 Å². The maximum atomic E-state index is 9.03. The minimum Gasteiger partial charge on any atom is -0.393 e. The monoisotopic (exact) mass is 422 g/mol. The van der Waals surface area contributed by atoms with Gasteiger partial charge in [-0.15, -0.1) is 11.6 Å². The van der Waals surface area contributed by atoms with E-state index in [1.54, 1.807) is 0 Å². The molecule has 0 heterocycles. The van der Waals surface area contributed by atoms with Crippen molar-refractivity contribution in [2.75, 3.05) is 6.61 Å². The van der Waals surface area contributed by atoms with E-state index in [1.165, 1.54) is 6.92 Å². The quantitative estimate of drug-likeness (QED) is 0.592. The molecule has 0 saturated heterocycles. The fourth-order valence-corrected chi connectivity index (χ4v) is 3.08. The Morgan fingerprint density at radius 1 is 0.882 bits per heavy atom. The molecule has 1 atom stereocenters. The molecule has 0 saturated carbocycles. The normalized spacial score (nSPS) is 17.1. The fourth-order valence-electron chi connectivity index (χ4n) is 0.788. The van der Waals surface area contributed by atoms with Crippen LogP contribution in [0.2, 0.25) is 0 Å². The zero-order valence-corrected chi connectivity index (χ0v) is 14.9. The Bertz CT molecular complexity index is 273. The van der Waals surface area contributed by atoms with E-state index in [9.17, 15) is 0 Å². The maximum Gasteiger partial charge on any atom is 0.188 e. The Morgan fingerprint density at radius 3 is 1.47 bits per heavy atom. The summed E-state index contributed by atoms with van der Waals surface area (Å²) in [5, 5.41) is 8.10. The molecule has 0 rings (SSSR count).